The third-order valence-electron chi connectivity index (χ3n) is 4.25. The van der Waals surface area contributed by atoms with Gasteiger partial charge in [-0.1, -0.05) is 18.2 Å². The maximum Gasteiger partial charge on any atom is 0.409 e. The van der Waals surface area contributed by atoms with Gasteiger partial charge in [-0.3, -0.25) is 4.79 Å². The summed E-state index contributed by atoms with van der Waals surface area (Å²) in [5.41, 5.74) is 1.05. The summed E-state index contributed by atoms with van der Waals surface area (Å²) in [7, 11) is 1.39. The number of ether oxygens (including phenoxy) is 1. The van der Waals surface area contributed by atoms with Crippen molar-refractivity contribution in [2.24, 2.45) is 0 Å². The summed E-state index contributed by atoms with van der Waals surface area (Å²) in [6, 6.07) is 8.09. The van der Waals surface area contributed by atoms with Crippen molar-refractivity contribution in [1.29, 1.82) is 0 Å². The molecular formula is C17H20N2O3S. The van der Waals surface area contributed by atoms with Gasteiger partial charge in [0, 0.05) is 30.9 Å². The predicted molar refractivity (Wildman–Crippen MR) is 91.1 cm³/mol. The van der Waals surface area contributed by atoms with Crippen molar-refractivity contribution in [2.75, 3.05) is 33.3 Å². The molecule has 0 spiro atoms. The van der Waals surface area contributed by atoms with E-state index in [0.717, 1.165) is 26.9 Å². The van der Waals surface area contributed by atoms with Gasteiger partial charge in [-0.25, -0.2) is 4.79 Å². The molecule has 122 valence electrons. The summed E-state index contributed by atoms with van der Waals surface area (Å²) in [4.78, 5) is 28.8. The number of nitrogens with zero attached hydrogens (tertiary/aromatic N) is 2. The minimum Gasteiger partial charge on any atom is -0.453 e. The van der Waals surface area contributed by atoms with Crippen LogP contribution in [0, 0.1) is 6.92 Å². The third kappa shape index (κ3) is 3.03. The van der Waals surface area contributed by atoms with Crippen LogP contribution in [0.5, 0.6) is 0 Å². The SMILES string of the molecule is COC(=O)N1CCCN(C(=O)c2sc3ccccc3c2C)CC1. The second-order valence-corrected chi connectivity index (χ2v) is 6.71. The molecule has 0 bridgehead atoms. The Morgan fingerprint density at radius 2 is 1.78 bits per heavy atom. The van der Waals surface area contributed by atoms with E-state index in [9.17, 15) is 9.59 Å². The van der Waals surface area contributed by atoms with Gasteiger partial charge in [-0.15, -0.1) is 11.3 Å². The first kappa shape index (κ1) is 15.8. The van der Waals surface area contributed by atoms with Gasteiger partial charge in [0.15, 0.2) is 0 Å². The number of rotatable bonds is 1. The van der Waals surface area contributed by atoms with Gasteiger partial charge in [-0.05, 0) is 30.4 Å². The van der Waals surface area contributed by atoms with Crippen LogP contribution in [-0.4, -0.2) is 55.1 Å². The van der Waals surface area contributed by atoms with Crippen LogP contribution >= 0.6 is 11.3 Å². The molecule has 2 heterocycles. The average Bonchev–Trinajstić information content (AvgIpc) is 2.76. The van der Waals surface area contributed by atoms with Crippen LogP contribution in [0.15, 0.2) is 24.3 Å². The van der Waals surface area contributed by atoms with Gasteiger partial charge in [0.25, 0.3) is 5.91 Å². The molecule has 0 radical (unpaired) electrons. The molecule has 0 N–H and O–H groups in total. The Morgan fingerprint density at radius 3 is 2.52 bits per heavy atom. The van der Waals surface area contributed by atoms with Crippen LogP contribution in [0.2, 0.25) is 0 Å². The lowest BCUT2D eigenvalue weighted by atomic mass is 10.1. The molecule has 1 aromatic heterocycles. The maximum atomic E-state index is 12.9. The summed E-state index contributed by atoms with van der Waals surface area (Å²) >= 11 is 1.55. The fourth-order valence-electron chi connectivity index (χ4n) is 2.95. The maximum absolute atomic E-state index is 12.9. The minimum absolute atomic E-state index is 0.0652. The highest BCUT2D eigenvalue weighted by molar-refractivity contribution is 7.21. The van der Waals surface area contributed by atoms with E-state index in [4.69, 9.17) is 4.74 Å². The van der Waals surface area contributed by atoms with Crippen molar-refractivity contribution in [2.45, 2.75) is 13.3 Å². The third-order valence-corrected chi connectivity index (χ3v) is 5.51. The number of benzene rings is 1. The molecule has 3 rings (SSSR count). The van der Waals surface area contributed by atoms with Gasteiger partial charge in [0.05, 0.1) is 12.0 Å². The first-order valence-electron chi connectivity index (χ1n) is 7.72. The molecule has 0 unspecified atom stereocenters. The number of carbonyl (C=O) groups is 2. The number of amides is 2. The highest BCUT2D eigenvalue weighted by Gasteiger charge is 2.25. The lowest BCUT2D eigenvalue weighted by molar-refractivity contribution is 0.0761. The molecule has 2 aromatic rings. The zero-order valence-corrected chi connectivity index (χ0v) is 14.2. The lowest BCUT2D eigenvalue weighted by Gasteiger charge is -2.21. The zero-order chi connectivity index (χ0) is 16.4. The van der Waals surface area contributed by atoms with E-state index >= 15 is 0 Å². The molecule has 0 saturated carbocycles. The highest BCUT2D eigenvalue weighted by Crippen LogP contribution is 2.31. The van der Waals surface area contributed by atoms with E-state index in [1.165, 1.54) is 7.11 Å². The Balaban J connectivity index is 1.79. The summed E-state index contributed by atoms with van der Waals surface area (Å²) in [6.07, 6.45) is 0.447. The monoisotopic (exact) mass is 332 g/mol. The molecule has 1 aromatic carbocycles. The number of carbonyl (C=O) groups excluding carboxylic acids is 2. The Hall–Kier alpha value is -2.08. The lowest BCUT2D eigenvalue weighted by Crippen LogP contribution is -2.37. The second-order valence-electron chi connectivity index (χ2n) is 5.66. The van der Waals surface area contributed by atoms with E-state index in [-0.39, 0.29) is 12.0 Å². The average molecular weight is 332 g/mol. The minimum atomic E-state index is -0.322. The van der Waals surface area contributed by atoms with Crippen LogP contribution in [0.25, 0.3) is 10.1 Å². The number of fused-ring (bicyclic) bond motifs is 1. The number of aryl methyl sites for hydroxylation is 1. The number of methoxy groups -OCH3 is 1. The van der Waals surface area contributed by atoms with E-state index in [1.54, 1.807) is 16.2 Å². The van der Waals surface area contributed by atoms with Gasteiger partial charge >= 0.3 is 6.09 Å². The normalized spacial score (nSPS) is 15.6. The van der Waals surface area contributed by atoms with Crippen LogP contribution in [0.4, 0.5) is 4.79 Å². The van der Waals surface area contributed by atoms with E-state index < -0.39 is 0 Å². The predicted octanol–water partition coefficient (Wildman–Crippen LogP) is 3.12. The largest absolute Gasteiger partial charge is 0.453 e. The van der Waals surface area contributed by atoms with Crippen LogP contribution in [-0.2, 0) is 4.74 Å². The van der Waals surface area contributed by atoms with Crippen molar-refractivity contribution >= 4 is 33.4 Å². The Kier molecular flexibility index (Phi) is 4.52. The van der Waals surface area contributed by atoms with Crippen LogP contribution < -0.4 is 0 Å². The van der Waals surface area contributed by atoms with Gasteiger partial charge in [-0.2, -0.15) is 0 Å². The van der Waals surface area contributed by atoms with Gasteiger partial charge in [0.1, 0.15) is 0 Å². The Labute approximate surface area is 139 Å². The van der Waals surface area contributed by atoms with Crippen molar-refractivity contribution in [3.8, 4) is 0 Å². The van der Waals surface area contributed by atoms with Gasteiger partial charge < -0.3 is 14.5 Å². The number of hydrogen-bond donors (Lipinski definition) is 0. The first-order chi connectivity index (χ1) is 11.1. The Morgan fingerprint density at radius 1 is 1.09 bits per heavy atom. The highest BCUT2D eigenvalue weighted by atomic mass is 32.1. The van der Waals surface area contributed by atoms with Gasteiger partial charge in [0.2, 0.25) is 0 Å². The quantitative estimate of drug-likeness (QED) is 0.806. The number of thiophene rings is 1. The molecule has 1 saturated heterocycles. The summed E-state index contributed by atoms with van der Waals surface area (Å²) in [5, 5.41) is 1.15. The van der Waals surface area contributed by atoms with E-state index in [1.807, 2.05) is 30.0 Å². The van der Waals surface area contributed by atoms with E-state index in [2.05, 4.69) is 6.07 Å². The topological polar surface area (TPSA) is 49.9 Å². The summed E-state index contributed by atoms with van der Waals surface area (Å²) in [6.45, 7) is 4.36. The molecule has 23 heavy (non-hydrogen) atoms. The molecule has 2 amide bonds. The van der Waals surface area contributed by atoms with Crippen molar-refractivity contribution in [3.63, 3.8) is 0 Å². The van der Waals surface area contributed by atoms with Crippen molar-refractivity contribution in [3.05, 3.63) is 34.7 Å². The van der Waals surface area contributed by atoms with E-state index in [0.29, 0.717) is 26.2 Å². The smallest absolute Gasteiger partial charge is 0.409 e. The second kappa shape index (κ2) is 6.58. The number of hydrogen-bond acceptors (Lipinski definition) is 4. The fourth-order valence-corrected chi connectivity index (χ4v) is 4.13. The van der Waals surface area contributed by atoms with Crippen molar-refractivity contribution in [1.82, 2.24) is 9.80 Å². The summed E-state index contributed by atoms with van der Waals surface area (Å²) < 4.78 is 5.91. The summed E-state index contributed by atoms with van der Waals surface area (Å²) in [5.74, 6) is 0.0652. The molecule has 1 aliphatic heterocycles. The first-order valence-corrected chi connectivity index (χ1v) is 8.53. The molecule has 0 atom stereocenters. The zero-order valence-electron chi connectivity index (χ0n) is 13.4. The van der Waals surface area contributed by atoms with Crippen LogP contribution in [0.3, 0.4) is 0 Å². The molecule has 1 fully saturated rings. The molecule has 5 nitrogen and oxygen atoms in total. The van der Waals surface area contributed by atoms with Crippen LogP contribution in [0.1, 0.15) is 21.7 Å². The fraction of sp³-hybridized carbons (Fsp3) is 0.412. The Bertz CT molecular complexity index is 741. The molecular weight excluding hydrogens is 312 g/mol. The van der Waals surface area contributed by atoms with Crippen molar-refractivity contribution < 1.29 is 14.3 Å². The molecule has 6 heteroatoms. The molecule has 0 aliphatic carbocycles. The molecule has 1 aliphatic rings. The standard InChI is InChI=1S/C17H20N2O3S/c1-12-13-6-3-4-7-14(13)23-15(12)16(20)18-8-5-9-19(11-10-18)17(21)22-2/h3-4,6-7H,5,8-11H2,1-2H3.